The van der Waals surface area contributed by atoms with E-state index in [1.54, 1.807) is 0 Å². The minimum atomic E-state index is 0. The number of pyridine rings is 1. The molecule has 1 aromatic rings. The van der Waals surface area contributed by atoms with E-state index < -0.39 is 0 Å². The Morgan fingerprint density at radius 3 is 2.40 bits per heavy atom. The Hall–Kier alpha value is -0.0800. The van der Waals surface area contributed by atoms with Crippen molar-refractivity contribution in [3.05, 3.63) is 28.0 Å². The number of hydrogen-bond donors (Lipinski definition) is 0. The number of hydrogen-bond acceptors (Lipinski definition) is 1. The zero-order chi connectivity index (χ0) is 6.85. The first kappa shape index (κ1) is 9.92. The molecule has 1 heterocycles. The van der Waals surface area contributed by atoms with Crippen LogP contribution in [0.2, 0.25) is 0 Å². The summed E-state index contributed by atoms with van der Waals surface area (Å²) in [7, 11) is 0. The van der Waals surface area contributed by atoms with Gasteiger partial charge in [-0.15, -0.1) is 12.4 Å². The second-order valence-electron chi connectivity index (χ2n) is 2.07. The summed E-state index contributed by atoms with van der Waals surface area (Å²) in [6.45, 7) is 4.00. The standard InChI is InChI=1S/C7H8BrN.ClH/c1-5-4-9-6(2)3-7(5)8;/h3-4H,1-2H3;1H. The highest BCUT2D eigenvalue weighted by molar-refractivity contribution is 9.10. The average molecular weight is 223 g/mol. The fourth-order valence-corrected chi connectivity index (χ4v) is 1.03. The Balaban J connectivity index is 0.000000810. The van der Waals surface area contributed by atoms with Crippen molar-refractivity contribution >= 4 is 28.3 Å². The Bertz CT molecular complexity index is 225. The van der Waals surface area contributed by atoms with Crippen molar-refractivity contribution in [3.63, 3.8) is 0 Å². The quantitative estimate of drug-likeness (QED) is 0.658. The predicted molar refractivity (Wildman–Crippen MR) is 48.7 cm³/mol. The predicted octanol–water partition coefficient (Wildman–Crippen LogP) is 2.88. The summed E-state index contributed by atoms with van der Waals surface area (Å²) in [6.07, 6.45) is 1.86. The van der Waals surface area contributed by atoms with Crippen molar-refractivity contribution in [2.24, 2.45) is 0 Å². The third-order valence-electron chi connectivity index (χ3n) is 1.17. The van der Waals surface area contributed by atoms with Crippen LogP contribution in [0, 0.1) is 13.8 Å². The molecule has 10 heavy (non-hydrogen) atoms. The first-order valence-electron chi connectivity index (χ1n) is 2.79. The molecule has 0 aliphatic carbocycles. The maximum Gasteiger partial charge on any atom is 0.0384 e. The fraction of sp³-hybridized carbons (Fsp3) is 0.286. The lowest BCUT2D eigenvalue weighted by molar-refractivity contribution is 1.16. The molecular weight excluding hydrogens is 213 g/mol. The van der Waals surface area contributed by atoms with Crippen LogP contribution in [-0.2, 0) is 0 Å². The van der Waals surface area contributed by atoms with Crippen LogP contribution in [0.4, 0.5) is 0 Å². The van der Waals surface area contributed by atoms with Gasteiger partial charge in [-0.3, -0.25) is 4.98 Å². The highest BCUT2D eigenvalue weighted by Crippen LogP contribution is 2.14. The largest absolute Gasteiger partial charge is 0.261 e. The third-order valence-corrected chi connectivity index (χ3v) is 2.03. The normalized spacial score (nSPS) is 8.70. The molecule has 1 rings (SSSR count). The van der Waals surface area contributed by atoms with Gasteiger partial charge in [0.05, 0.1) is 0 Å². The van der Waals surface area contributed by atoms with Crippen LogP contribution in [-0.4, -0.2) is 4.98 Å². The molecular formula is C7H9BrClN. The summed E-state index contributed by atoms with van der Waals surface area (Å²) >= 11 is 3.41. The molecule has 0 spiro atoms. The molecule has 0 atom stereocenters. The van der Waals surface area contributed by atoms with E-state index in [2.05, 4.69) is 20.9 Å². The smallest absolute Gasteiger partial charge is 0.0384 e. The van der Waals surface area contributed by atoms with Gasteiger partial charge in [0.1, 0.15) is 0 Å². The minimum absolute atomic E-state index is 0. The molecule has 0 amide bonds. The SMILES string of the molecule is Cc1cc(Br)c(C)cn1.Cl. The van der Waals surface area contributed by atoms with E-state index >= 15 is 0 Å². The summed E-state index contributed by atoms with van der Waals surface area (Å²) in [4.78, 5) is 4.11. The number of aryl methyl sites for hydroxylation is 2. The van der Waals surface area contributed by atoms with Gasteiger partial charge in [-0.1, -0.05) is 15.9 Å². The Morgan fingerprint density at radius 2 is 2.00 bits per heavy atom. The van der Waals surface area contributed by atoms with Gasteiger partial charge in [0, 0.05) is 16.4 Å². The molecule has 0 radical (unpaired) electrons. The van der Waals surface area contributed by atoms with Crippen molar-refractivity contribution in [1.82, 2.24) is 4.98 Å². The van der Waals surface area contributed by atoms with Crippen LogP contribution >= 0.6 is 28.3 Å². The summed E-state index contributed by atoms with van der Waals surface area (Å²) < 4.78 is 1.13. The van der Waals surface area contributed by atoms with Crippen molar-refractivity contribution in [2.45, 2.75) is 13.8 Å². The first-order valence-corrected chi connectivity index (χ1v) is 3.58. The van der Waals surface area contributed by atoms with Crippen LogP contribution < -0.4 is 0 Å². The molecule has 0 saturated heterocycles. The van der Waals surface area contributed by atoms with Gasteiger partial charge in [0.25, 0.3) is 0 Å². The lowest BCUT2D eigenvalue weighted by Crippen LogP contribution is -1.82. The molecule has 0 N–H and O–H groups in total. The zero-order valence-corrected chi connectivity index (χ0v) is 8.29. The lowest BCUT2D eigenvalue weighted by atomic mass is 10.3. The Labute approximate surface area is 75.4 Å². The van der Waals surface area contributed by atoms with E-state index in [1.807, 2.05) is 26.1 Å². The highest BCUT2D eigenvalue weighted by Gasteiger charge is 1.92. The second-order valence-corrected chi connectivity index (χ2v) is 2.93. The van der Waals surface area contributed by atoms with Crippen molar-refractivity contribution in [2.75, 3.05) is 0 Å². The van der Waals surface area contributed by atoms with Crippen molar-refractivity contribution < 1.29 is 0 Å². The van der Waals surface area contributed by atoms with Crippen molar-refractivity contribution in [1.29, 1.82) is 0 Å². The molecule has 0 aliphatic rings. The number of halogens is 2. The van der Waals surface area contributed by atoms with Crippen LogP contribution in [0.15, 0.2) is 16.7 Å². The monoisotopic (exact) mass is 221 g/mol. The van der Waals surface area contributed by atoms with Crippen LogP contribution in [0.1, 0.15) is 11.3 Å². The van der Waals surface area contributed by atoms with Gasteiger partial charge < -0.3 is 0 Å². The molecule has 0 aliphatic heterocycles. The van der Waals surface area contributed by atoms with Crippen LogP contribution in [0.25, 0.3) is 0 Å². The third kappa shape index (κ3) is 2.27. The van der Waals surface area contributed by atoms with E-state index in [1.165, 1.54) is 5.56 Å². The van der Waals surface area contributed by atoms with Gasteiger partial charge in [0.2, 0.25) is 0 Å². The van der Waals surface area contributed by atoms with Gasteiger partial charge in [0.15, 0.2) is 0 Å². The molecule has 1 nitrogen and oxygen atoms in total. The second kappa shape index (κ2) is 3.94. The first-order chi connectivity index (χ1) is 4.20. The summed E-state index contributed by atoms with van der Waals surface area (Å²) in [5.41, 5.74) is 2.23. The average Bonchev–Trinajstić information content (AvgIpc) is 1.80. The lowest BCUT2D eigenvalue weighted by Gasteiger charge is -1.95. The Kier molecular flexibility index (Phi) is 3.91. The van der Waals surface area contributed by atoms with E-state index in [0.717, 1.165) is 10.2 Å². The molecule has 0 fully saturated rings. The molecule has 1 aromatic heterocycles. The van der Waals surface area contributed by atoms with E-state index in [4.69, 9.17) is 0 Å². The van der Waals surface area contributed by atoms with Gasteiger partial charge in [-0.2, -0.15) is 0 Å². The molecule has 0 bridgehead atoms. The number of rotatable bonds is 0. The maximum atomic E-state index is 4.11. The van der Waals surface area contributed by atoms with Crippen LogP contribution in [0.5, 0.6) is 0 Å². The number of aromatic nitrogens is 1. The topological polar surface area (TPSA) is 12.9 Å². The summed E-state index contributed by atoms with van der Waals surface area (Å²) in [5.74, 6) is 0. The minimum Gasteiger partial charge on any atom is -0.261 e. The maximum absolute atomic E-state index is 4.11. The van der Waals surface area contributed by atoms with E-state index in [0.29, 0.717) is 0 Å². The summed E-state index contributed by atoms with van der Waals surface area (Å²) in [6, 6.07) is 2.01. The molecule has 0 saturated carbocycles. The summed E-state index contributed by atoms with van der Waals surface area (Å²) in [5, 5.41) is 0. The molecule has 0 unspecified atom stereocenters. The van der Waals surface area contributed by atoms with E-state index in [9.17, 15) is 0 Å². The zero-order valence-electron chi connectivity index (χ0n) is 5.89. The van der Waals surface area contributed by atoms with Gasteiger partial charge in [-0.25, -0.2) is 0 Å². The van der Waals surface area contributed by atoms with Gasteiger partial charge in [-0.05, 0) is 25.5 Å². The highest BCUT2D eigenvalue weighted by atomic mass is 79.9. The van der Waals surface area contributed by atoms with Gasteiger partial charge >= 0.3 is 0 Å². The fourth-order valence-electron chi connectivity index (χ4n) is 0.595. The molecule has 3 heteroatoms. The van der Waals surface area contributed by atoms with Crippen molar-refractivity contribution in [3.8, 4) is 0 Å². The van der Waals surface area contributed by atoms with Crippen LogP contribution in [0.3, 0.4) is 0 Å². The Morgan fingerprint density at radius 1 is 1.40 bits per heavy atom. The number of nitrogens with zero attached hydrogens (tertiary/aromatic N) is 1. The molecule has 56 valence electrons. The molecule has 0 aromatic carbocycles. The van der Waals surface area contributed by atoms with E-state index in [-0.39, 0.29) is 12.4 Å².